The SMILES string of the molecule is Cc1ccn(CCC(C)(C)C(N)=S)n1. The molecule has 1 heterocycles. The zero-order valence-electron chi connectivity index (χ0n) is 8.95. The van der Waals surface area contributed by atoms with E-state index in [0.717, 1.165) is 18.7 Å². The first-order valence-corrected chi connectivity index (χ1v) is 5.12. The van der Waals surface area contributed by atoms with Gasteiger partial charge in [-0.3, -0.25) is 4.68 Å². The Morgan fingerprint density at radius 2 is 2.29 bits per heavy atom. The van der Waals surface area contributed by atoms with Crippen LogP contribution in [0.3, 0.4) is 0 Å². The fourth-order valence-electron chi connectivity index (χ4n) is 1.10. The molecule has 0 amide bonds. The second-order valence-corrected chi connectivity index (χ2v) is 4.66. The Balaban J connectivity index is 2.52. The van der Waals surface area contributed by atoms with Crippen molar-refractivity contribution in [3.05, 3.63) is 18.0 Å². The highest BCUT2D eigenvalue weighted by Gasteiger charge is 2.20. The molecule has 14 heavy (non-hydrogen) atoms. The van der Waals surface area contributed by atoms with E-state index < -0.39 is 0 Å². The maximum Gasteiger partial charge on any atom is 0.0785 e. The Morgan fingerprint density at radius 1 is 1.64 bits per heavy atom. The molecule has 0 saturated carbocycles. The van der Waals surface area contributed by atoms with E-state index in [2.05, 4.69) is 18.9 Å². The standard InChI is InChI=1S/C10H17N3S/c1-8-4-6-13(12-8)7-5-10(2,3)9(11)14/h4,6H,5,7H2,1-3H3,(H2,11,14). The molecule has 1 aromatic heterocycles. The van der Waals surface area contributed by atoms with Gasteiger partial charge in [0.2, 0.25) is 0 Å². The van der Waals surface area contributed by atoms with Crippen molar-refractivity contribution >= 4 is 17.2 Å². The summed E-state index contributed by atoms with van der Waals surface area (Å²) in [6.07, 6.45) is 2.90. The van der Waals surface area contributed by atoms with E-state index in [1.165, 1.54) is 0 Å². The predicted molar refractivity (Wildman–Crippen MR) is 62.1 cm³/mol. The van der Waals surface area contributed by atoms with Gasteiger partial charge >= 0.3 is 0 Å². The van der Waals surface area contributed by atoms with Gasteiger partial charge in [0.1, 0.15) is 0 Å². The van der Waals surface area contributed by atoms with Crippen molar-refractivity contribution in [1.29, 1.82) is 0 Å². The van der Waals surface area contributed by atoms with Crippen molar-refractivity contribution in [2.45, 2.75) is 33.7 Å². The number of rotatable bonds is 4. The first kappa shape index (κ1) is 11.2. The van der Waals surface area contributed by atoms with Crippen LogP contribution in [0.15, 0.2) is 12.3 Å². The van der Waals surface area contributed by atoms with Gasteiger partial charge in [-0.05, 0) is 19.4 Å². The monoisotopic (exact) mass is 211 g/mol. The maximum absolute atomic E-state index is 5.64. The third-order valence-electron chi connectivity index (χ3n) is 2.41. The second kappa shape index (κ2) is 4.09. The summed E-state index contributed by atoms with van der Waals surface area (Å²) in [5.74, 6) is 0. The molecule has 0 atom stereocenters. The summed E-state index contributed by atoms with van der Waals surface area (Å²) in [6, 6.07) is 1.99. The van der Waals surface area contributed by atoms with Gasteiger partial charge in [-0.1, -0.05) is 26.1 Å². The fraction of sp³-hybridized carbons (Fsp3) is 0.600. The molecule has 2 N–H and O–H groups in total. The molecular weight excluding hydrogens is 194 g/mol. The molecular formula is C10H17N3S. The summed E-state index contributed by atoms with van der Waals surface area (Å²) in [5.41, 5.74) is 6.59. The molecule has 0 spiro atoms. The first-order valence-electron chi connectivity index (χ1n) is 4.72. The van der Waals surface area contributed by atoms with Crippen LogP contribution in [0, 0.1) is 12.3 Å². The van der Waals surface area contributed by atoms with Gasteiger partial charge in [0, 0.05) is 18.2 Å². The van der Waals surface area contributed by atoms with Gasteiger partial charge < -0.3 is 5.73 Å². The number of nitrogens with zero attached hydrogens (tertiary/aromatic N) is 2. The van der Waals surface area contributed by atoms with Gasteiger partial charge in [-0.25, -0.2) is 0 Å². The predicted octanol–water partition coefficient (Wildman–Crippen LogP) is 1.89. The van der Waals surface area contributed by atoms with Gasteiger partial charge in [0.25, 0.3) is 0 Å². The summed E-state index contributed by atoms with van der Waals surface area (Å²) < 4.78 is 1.93. The van der Waals surface area contributed by atoms with Crippen LogP contribution >= 0.6 is 12.2 Å². The largest absolute Gasteiger partial charge is 0.393 e. The van der Waals surface area contributed by atoms with Crippen molar-refractivity contribution in [2.24, 2.45) is 11.1 Å². The smallest absolute Gasteiger partial charge is 0.0785 e. The number of aryl methyl sites for hydroxylation is 2. The molecule has 78 valence electrons. The van der Waals surface area contributed by atoms with Crippen molar-refractivity contribution in [3.63, 3.8) is 0 Å². The van der Waals surface area contributed by atoms with Crippen molar-refractivity contribution < 1.29 is 0 Å². The zero-order valence-corrected chi connectivity index (χ0v) is 9.77. The fourth-order valence-corrected chi connectivity index (χ4v) is 1.21. The third kappa shape index (κ3) is 2.80. The summed E-state index contributed by atoms with van der Waals surface area (Å²) >= 11 is 5.00. The van der Waals surface area contributed by atoms with E-state index in [4.69, 9.17) is 18.0 Å². The highest BCUT2D eigenvalue weighted by Crippen LogP contribution is 2.21. The zero-order chi connectivity index (χ0) is 10.8. The molecule has 4 heteroatoms. The molecule has 0 aliphatic heterocycles. The number of thiocarbonyl (C=S) groups is 1. The summed E-state index contributed by atoms with van der Waals surface area (Å²) in [6.45, 7) is 6.96. The number of aromatic nitrogens is 2. The average Bonchev–Trinajstić information content (AvgIpc) is 2.48. The van der Waals surface area contributed by atoms with E-state index >= 15 is 0 Å². The lowest BCUT2D eigenvalue weighted by Gasteiger charge is -2.22. The molecule has 0 bridgehead atoms. The topological polar surface area (TPSA) is 43.8 Å². The Morgan fingerprint density at radius 3 is 2.71 bits per heavy atom. The van der Waals surface area contributed by atoms with E-state index in [1.807, 2.05) is 23.9 Å². The molecule has 0 aliphatic carbocycles. The van der Waals surface area contributed by atoms with Crippen LogP contribution < -0.4 is 5.73 Å². The minimum Gasteiger partial charge on any atom is -0.393 e. The normalized spacial score (nSPS) is 11.6. The van der Waals surface area contributed by atoms with Crippen LogP contribution in [-0.4, -0.2) is 14.8 Å². The number of hydrogen-bond acceptors (Lipinski definition) is 2. The van der Waals surface area contributed by atoms with Crippen molar-refractivity contribution in [1.82, 2.24) is 9.78 Å². The van der Waals surface area contributed by atoms with Crippen molar-refractivity contribution in [3.8, 4) is 0 Å². The lowest BCUT2D eigenvalue weighted by molar-refractivity contribution is 0.417. The third-order valence-corrected chi connectivity index (χ3v) is 2.96. The number of nitrogens with two attached hydrogens (primary N) is 1. The highest BCUT2D eigenvalue weighted by atomic mass is 32.1. The van der Waals surface area contributed by atoms with Gasteiger partial charge in [-0.2, -0.15) is 5.10 Å². The van der Waals surface area contributed by atoms with Crippen LogP contribution in [0.4, 0.5) is 0 Å². The Bertz CT molecular complexity index is 328. The van der Waals surface area contributed by atoms with Gasteiger partial charge in [0.05, 0.1) is 10.7 Å². The van der Waals surface area contributed by atoms with Crippen LogP contribution in [0.25, 0.3) is 0 Å². The van der Waals surface area contributed by atoms with Crippen molar-refractivity contribution in [2.75, 3.05) is 0 Å². The molecule has 0 aromatic carbocycles. The molecule has 1 aromatic rings. The van der Waals surface area contributed by atoms with Gasteiger partial charge in [-0.15, -0.1) is 0 Å². The van der Waals surface area contributed by atoms with E-state index in [1.54, 1.807) is 0 Å². The van der Waals surface area contributed by atoms with Crippen LogP contribution in [-0.2, 0) is 6.54 Å². The summed E-state index contributed by atoms with van der Waals surface area (Å²) in [4.78, 5) is 0.571. The Kier molecular flexibility index (Phi) is 3.26. The lowest BCUT2D eigenvalue weighted by Crippen LogP contribution is -2.30. The van der Waals surface area contributed by atoms with Crippen LogP contribution in [0.1, 0.15) is 26.0 Å². The summed E-state index contributed by atoms with van der Waals surface area (Å²) in [5, 5.41) is 4.31. The van der Waals surface area contributed by atoms with E-state index in [0.29, 0.717) is 4.99 Å². The molecule has 3 nitrogen and oxygen atoms in total. The van der Waals surface area contributed by atoms with Crippen LogP contribution in [0.5, 0.6) is 0 Å². The minimum atomic E-state index is -0.0881. The minimum absolute atomic E-state index is 0.0881. The molecule has 0 unspecified atom stereocenters. The maximum atomic E-state index is 5.64. The molecule has 0 saturated heterocycles. The summed E-state index contributed by atoms with van der Waals surface area (Å²) in [7, 11) is 0. The highest BCUT2D eigenvalue weighted by molar-refractivity contribution is 7.80. The average molecular weight is 211 g/mol. The second-order valence-electron chi connectivity index (χ2n) is 4.22. The van der Waals surface area contributed by atoms with Gasteiger partial charge in [0.15, 0.2) is 0 Å². The quantitative estimate of drug-likeness (QED) is 0.773. The van der Waals surface area contributed by atoms with Crippen LogP contribution in [0.2, 0.25) is 0 Å². The number of hydrogen-bond donors (Lipinski definition) is 1. The van der Waals surface area contributed by atoms with E-state index in [9.17, 15) is 0 Å². The Labute approximate surface area is 90.3 Å². The molecule has 1 rings (SSSR count). The molecule has 0 radical (unpaired) electrons. The lowest BCUT2D eigenvalue weighted by atomic mass is 9.89. The Hall–Kier alpha value is -0.900. The molecule has 0 aliphatic rings. The first-order chi connectivity index (χ1) is 6.42. The van der Waals surface area contributed by atoms with E-state index in [-0.39, 0.29) is 5.41 Å². The molecule has 0 fully saturated rings.